The van der Waals surface area contributed by atoms with Gasteiger partial charge in [-0.05, 0) is 72.4 Å². The summed E-state index contributed by atoms with van der Waals surface area (Å²) in [6, 6.07) is 30.0. The first-order valence-corrected chi connectivity index (χ1v) is 17.5. The van der Waals surface area contributed by atoms with Crippen molar-refractivity contribution in [2.45, 2.75) is 46.3 Å². The van der Waals surface area contributed by atoms with Crippen molar-refractivity contribution in [2.24, 2.45) is 4.99 Å². The van der Waals surface area contributed by atoms with Gasteiger partial charge in [-0.2, -0.15) is 0 Å². The van der Waals surface area contributed by atoms with Gasteiger partial charge in [-0.15, -0.1) is 0 Å². The Morgan fingerprint density at radius 2 is 1.65 bits per heavy atom. The van der Waals surface area contributed by atoms with Crippen LogP contribution in [0.4, 0.5) is 0 Å². The van der Waals surface area contributed by atoms with E-state index in [1.807, 2.05) is 110 Å². The van der Waals surface area contributed by atoms with Gasteiger partial charge in [-0.25, -0.2) is 9.79 Å². The maximum atomic E-state index is 14.3. The van der Waals surface area contributed by atoms with E-state index in [2.05, 4.69) is 13.8 Å². The quantitative estimate of drug-likeness (QED) is 0.133. The molecule has 2 heterocycles. The van der Waals surface area contributed by atoms with Crippen LogP contribution >= 0.6 is 22.9 Å². The highest BCUT2D eigenvalue weighted by atomic mass is 35.5. The number of ether oxygens (including phenoxy) is 3. The first-order valence-electron chi connectivity index (χ1n) is 16.3. The van der Waals surface area contributed by atoms with Crippen LogP contribution in [0.1, 0.15) is 67.5 Å². The van der Waals surface area contributed by atoms with E-state index in [0.29, 0.717) is 56.3 Å². The molecular weight excluding hydrogens is 656 g/mol. The fourth-order valence-electron chi connectivity index (χ4n) is 5.71. The van der Waals surface area contributed by atoms with Gasteiger partial charge >= 0.3 is 5.97 Å². The number of halogens is 1. The summed E-state index contributed by atoms with van der Waals surface area (Å²) in [5, 5.41) is 0.664. The largest absolute Gasteiger partial charge is 0.490 e. The lowest BCUT2D eigenvalue weighted by molar-refractivity contribution is -0.138. The third-order valence-electron chi connectivity index (χ3n) is 8.17. The van der Waals surface area contributed by atoms with Crippen LogP contribution in [0.2, 0.25) is 5.02 Å². The maximum absolute atomic E-state index is 14.3. The van der Waals surface area contributed by atoms with E-state index in [9.17, 15) is 9.59 Å². The fourth-order valence-corrected chi connectivity index (χ4v) is 6.84. The Labute approximate surface area is 294 Å². The summed E-state index contributed by atoms with van der Waals surface area (Å²) in [5.41, 5.74) is 5.02. The third-order valence-corrected chi connectivity index (χ3v) is 9.40. The molecule has 1 aliphatic heterocycles. The van der Waals surface area contributed by atoms with Crippen LogP contribution in [0.25, 0.3) is 11.8 Å². The van der Waals surface area contributed by atoms with Crippen molar-refractivity contribution >= 4 is 40.7 Å². The van der Waals surface area contributed by atoms with Crippen LogP contribution in [-0.2, 0) is 16.1 Å². The number of carbonyl (C=O) groups is 1. The normalized spacial score (nSPS) is 14.4. The zero-order valence-electron chi connectivity index (χ0n) is 27.8. The number of fused-ring (bicyclic) bond motifs is 1. The lowest BCUT2D eigenvalue weighted by Gasteiger charge is -2.26. The van der Waals surface area contributed by atoms with E-state index in [1.54, 1.807) is 11.5 Å². The number of hydrogen-bond donors (Lipinski definition) is 0. The molecule has 4 aromatic carbocycles. The lowest BCUT2D eigenvalue weighted by Crippen LogP contribution is -2.40. The summed E-state index contributed by atoms with van der Waals surface area (Å²) in [5.74, 6) is 0.976. The molecule has 1 aliphatic rings. The molecule has 0 unspecified atom stereocenters. The van der Waals surface area contributed by atoms with E-state index < -0.39 is 12.0 Å². The zero-order valence-corrected chi connectivity index (χ0v) is 29.4. The van der Waals surface area contributed by atoms with Crippen LogP contribution < -0.4 is 24.4 Å². The number of benzene rings is 4. The van der Waals surface area contributed by atoms with Crippen LogP contribution in [0.5, 0.6) is 11.5 Å². The molecule has 1 atom stereocenters. The van der Waals surface area contributed by atoms with Gasteiger partial charge < -0.3 is 14.2 Å². The molecule has 5 aromatic rings. The number of nitrogens with zero attached hydrogens (tertiary/aromatic N) is 2. The molecule has 0 amide bonds. The first kappa shape index (κ1) is 34.0. The number of carbonyl (C=O) groups excluding carboxylic acids is 1. The minimum Gasteiger partial charge on any atom is -0.490 e. The zero-order chi connectivity index (χ0) is 34.5. The van der Waals surface area contributed by atoms with Gasteiger partial charge in [0, 0.05) is 10.6 Å². The number of rotatable bonds is 11. The monoisotopic (exact) mass is 692 g/mol. The second-order valence-corrected chi connectivity index (χ2v) is 13.3. The predicted octanol–water partition coefficient (Wildman–Crippen LogP) is 7.69. The van der Waals surface area contributed by atoms with Crippen LogP contribution in [0.15, 0.2) is 112 Å². The van der Waals surface area contributed by atoms with Gasteiger partial charge in [0.25, 0.3) is 5.56 Å². The molecule has 9 heteroatoms. The maximum Gasteiger partial charge on any atom is 0.338 e. The average Bonchev–Trinajstić information content (AvgIpc) is 3.42. The molecule has 0 aliphatic carbocycles. The molecule has 0 bridgehead atoms. The Hall–Kier alpha value is -4.92. The SMILES string of the molecule is CCOC(=O)C1=C(c2ccccc2)N=c2s/c(=C\c3ccc(OCc4ccc(Cl)cc4)c(OCC)c3)c(=O)n2[C@H]1c1ccc(C(C)C)cc1. The Balaban J connectivity index is 1.47. The lowest BCUT2D eigenvalue weighted by atomic mass is 9.91. The molecule has 0 spiro atoms. The summed E-state index contributed by atoms with van der Waals surface area (Å²) in [6.45, 7) is 8.92. The molecule has 1 aromatic heterocycles. The summed E-state index contributed by atoms with van der Waals surface area (Å²) in [4.78, 5) is 33.6. The van der Waals surface area contributed by atoms with Crippen molar-refractivity contribution in [2.75, 3.05) is 13.2 Å². The molecule has 0 fully saturated rings. The molecule has 7 nitrogen and oxygen atoms in total. The van der Waals surface area contributed by atoms with Crippen LogP contribution in [-0.4, -0.2) is 23.8 Å². The van der Waals surface area contributed by atoms with Crippen molar-refractivity contribution in [3.8, 4) is 11.5 Å². The predicted molar refractivity (Wildman–Crippen MR) is 195 cm³/mol. The van der Waals surface area contributed by atoms with Gasteiger partial charge in [0.2, 0.25) is 0 Å². The third kappa shape index (κ3) is 7.41. The number of thiazole rings is 1. The Bertz CT molecular complexity index is 2170. The summed E-state index contributed by atoms with van der Waals surface area (Å²) < 4.78 is 19.7. The van der Waals surface area contributed by atoms with E-state index >= 15 is 0 Å². The number of aromatic nitrogens is 1. The van der Waals surface area contributed by atoms with E-state index in [1.165, 1.54) is 11.3 Å². The minimum atomic E-state index is -0.739. The highest BCUT2D eigenvalue weighted by molar-refractivity contribution is 7.07. The topological polar surface area (TPSA) is 79.1 Å². The smallest absolute Gasteiger partial charge is 0.338 e. The molecule has 6 rings (SSSR count). The summed E-state index contributed by atoms with van der Waals surface area (Å²) >= 11 is 7.31. The standard InChI is InChI=1S/C40H37ClN2O5S/c1-5-46-33-22-27(14-21-32(33)48-24-26-12-19-31(41)20-13-26)23-34-38(44)43-37(30-17-15-28(16-18-30)25(3)4)35(39(45)47-6-2)36(42-40(43)49-34)29-10-8-7-9-11-29/h7-23,25,37H,5-6,24H2,1-4H3/b34-23-/t37-/m0/s1. The van der Waals surface area contributed by atoms with E-state index in [4.69, 9.17) is 30.8 Å². The van der Waals surface area contributed by atoms with Gasteiger partial charge in [0.15, 0.2) is 16.3 Å². The number of hydrogen-bond acceptors (Lipinski definition) is 7. The molecule has 49 heavy (non-hydrogen) atoms. The highest BCUT2D eigenvalue weighted by Crippen LogP contribution is 2.36. The van der Waals surface area contributed by atoms with Crippen molar-refractivity contribution in [1.29, 1.82) is 0 Å². The Morgan fingerprint density at radius 3 is 2.33 bits per heavy atom. The second-order valence-electron chi connectivity index (χ2n) is 11.8. The van der Waals surface area contributed by atoms with Gasteiger partial charge in [-0.1, -0.05) is 110 Å². The average molecular weight is 693 g/mol. The van der Waals surface area contributed by atoms with Gasteiger partial charge in [0.05, 0.1) is 35.1 Å². The summed E-state index contributed by atoms with van der Waals surface area (Å²) in [6.07, 6.45) is 1.82. The van der Waals surface area contributed by atoms with E-state index in [-0.39, 0.29) is 12.2 Å². The highest BCUT2D eigenvalue weighted by Gasteiger charge is 2.35. The second kappa shape index (κ2) is 15.1. The fraction of sp³-hybridized carbons (Fsp3) is 0.225. The van der Waals surface area contributed by atoms with E-state index in [0.717, 1.165) is 27.8 Å². The Morgan fingerprint density at radius 1 is 0.918 bits per heavy atom. The van der Waals surface area contributed by atoms with Crippen molar-refractivity contribution in [1.82, 2.24) is 4.57 Å². The molecular formula is C40H37ClN2O5S. The minimum absolute atomic E-state index is 0.190. The van der Waals surface area contributed by atoms with Crippen molar-refractivity contribution < 1.29 is 19.0 Å². The first-order chi connectivity index (χ1) is 23.8. The molecule has 0 N–H and O–H groups in total. The molecule has 0 saturated carbocycles. The molecule has 0 radical (unpaired) electrons. The van der Waals surface area contributed by atoms with Gasteiger partial charge in [0.1, 0.15) is 6.61 Å². The Kier molecular flexibility index (Phi) is 10.5. The van der Waals surface area contributed by atoms with Crippen molar-refractivity contribution in [3.63, 3.8) is 0 Å². The molecule has 0 saturated heterocycles. The van der Waals surface area contributed by atoms with Gasteiger partial charge in [-0.3, -0.25) is 9.36 Å². The van der Waals surface area contributed by atoms with Crippen LogP contribution in [0, 0.1) is 0 Å². The van der Waals surface area contributed by atoms with Crippen LogP contribution in [0.3, 0.4) is 0 Å². The van der Waals surface area contributed by atoms with Crippen molar-refractivity contribution in [3.05, 3.63) is 155 Å². The molecule has 250 valence electrons. The number of esters is 1. The summed E-state index contributed by atoms with van der Waals surface area (Å²) in [7, 11) is 0.